The zero-order chi connectivity index (χ0) is 15.0. The van der Waals surface area contributed by atoms with Crippen LogP contribution in [0.3, 0.4) is 0 Å². The van der Waals surface area contributed by atoms with Gasteiger partial charge in [0, 0.05) is 24.2 Å². The van der Waals surface area contributed by atoms with Crippen LogP contribution < -0.4 is 15.8 Å². The van der Waals surface area contributed by atoms with Gasteiger partial charge in [0.2, 0.25) is 5.91 Å². The highest BCUT2D eigenvalue weighted by Crippen LogP contribution is 2.20. The molecule has 7 heteroatoms. The van der Waals surface area contributed by atoms with Crippen molar-refractivity contribution >= 4 is 11.6 Å². The normalized spacial score (nSPS) is 10.6. The number of carbonyl (C=O) groups excluding carboxylic acids is 1. The highest BCUT2D eigenvalue weighted by molar-refractivity contribution is 5.76. The predicted octanol–water partition coefficient (Wildman–Crippen LogP) is 1.57. The molecule has 0 aromatic heterocycles. The first kappa shape index (κ1) is 16.2. The van der Waals surface area contributed by atoms with E-state index in [1.807, 2.05) is 0 Å². The predicted molar refractivity (Wildman–Crippen MR) is 70.7 cm³/mol. The van der Waals surface area contributed by atoms with E-state index in [2.05, 4.69) is 10.1 Å². The van der Waals surface area contributed by atoms with Gasteiger partial charge in [-0.1, -0.05) is 0 Å². The van der Waals surface area contributed by atoms with Gasteiger partial charge in [0.25, 0.3) is 6.43 Å². The zero-order valence-corrected chi connectivity index (χ0v) is 11.2. The number of nitrogens with two attached hydrogens (primary N) is 1. The summed E-state index contributed by atoms with van der Waals surface area (Å²) in [7, 11) is 1.52. The van der Waals surface area contributed by atoms with Crippen molar-refractivity contribution in [1.29, 1.82) is 0 Å². The summed E-state index contributed by atoms with van der Waals surface area (Å²) in [6, 6.07) is 5.11. The SMILES string of the molecule is COc1ccc(N)cc1CNC(=O)CCOCC(F)F. The third-order valence-electron chi connectivity index (χ3n) is 2.50. The number of nitrogens with one attached hydrogen (secondary N) is 1. The molecule has 0 radical (unpaired) electrons. The first-order valence-electron chi connectivity index (χ1n) is 6.08. The Balaban J connectivity index is 2.35. The van der Waals surface area contributed by atoms with Crippen LogP contribution in [0.1, 0.15) is 12.0 Å². The zero-order valence-electron chi connectivity index (χ0n) is 11.2. The highest BCUT2D eigenvalue weighted by Gasteiger charge is 2.07. The van der Waals surface area contributed by atoms with Gasteiger partial charge in [0.1, 0.15) is 12.4 Å². The number of anilines is 1. The third kappa shape index (κ3) is 5.83. The number of methoxy groups -OCH3 is 1. The van der Waals surface area contributed by atoms with Crippen LogP contribution in [-0.4, -0.2) is 32.7 Å². The van der Waals surface area contributed by atoms with Crippen molar-refractivity contribution in [2.24, 2.45) is 0 Å². The standard InChI is InChI=1S/C13H18F2N2O3/c1-19-11-3-2-10(16)6-9(11)7-17-13(18)4-5-20-8-12(14)15/h2-3,6,12H,4-5,7-8,16H2,1H3,(H,17,18). The number of amides is 1. The molecule has 1 amide bonds. The average Bonchev–Trinajstić information content (AvgIpc) is 2.41. The Bertz CT molecular complexity index is 442. The minimum atomic E-state index is -2.52. The maximum absolute atomic E-state index is 11.8. The van der Waals surface area contributed by atoms with E-state index in [-0.39, 0.29) is 25.5 Å². The van der Waals surface area contributed by atoms with Gasteiger partial charge in [-0.3, -0.25) is 4.79 Å². The van der Waals surface area contributed by atoms with Gasteiger partial charge < -0.3 is 20.5 Å². The maximum atomic E-state index is 11.8. The molecule has 0 aliphatic heterocycles. The second kappa shape index (κ2) is 8.31. The van der Waals surface area contributed by atoms with Crippen LogP contribution in [0.5, 0.6) is 5.75 Å². The van der Waals surface area contributed by atoms with Gasteiger partial charge >= 0.3 is 0 Å². The lowest BCUT2D eigenvalue weighted by atomic mass is 10.1. The molecule has 1 aromatic carbocycles. The Kier molecular flexibility index (Phi) is 6.72. The number of alkyl halides is 2. The molecule has 0 atom stereocenters. The summed E-state index contributed by atoms with van der Waals surface area (Å²) in [5.41, 5.74) is 6.97. The van der Waals surface area contributed by atoms with Gasteiger partial charge in [-0.05, 0) is 18.2 Å². The fourth-order valence-corrected chi connectivity index (χ4v) is 1.56. The van der Waals surface area contributed by atoms with Crippen molar-refractivity contribution in [1.82, 2.24) is 5.32 Å². The molecule has 0 bridgehead atoms. The van der Waals surface area contributed by atoms with Crippen molar-refractivity contribution in [3.63, 3.8) is 0 Å². The minimum absolute atomic E-state index is 0.0251. The number of hydrogen-bond acceptors (Lipinski definition) is 4. The number of hydrogen-bond donors (Lipinski definition) is 2. The molecule has 0 saturated carbocycles. The van der Waals surface area contributed by atoms with Gasteiger partial charge in [-0.15, -0.1) is 0 Å². The van der Waals surface area contributed by atoms with E-state index in [1.54, 1.807) is 18.2 Å². The lowest BCUT2D eigenvalue weighted by molar-refractivity contribution is -0.122. The molecular formula is C13H18F2N2O3. The summed E-state index contributed by atoms with van der Waals surface area (Å²) in [6.45, 7) is -0.442. The molecular weight excluding hydrogens is 270 g/mol. The minimum Gasteiger partial charge on any atom is -0.496 e. The van der Waals surface area contributed by atoms with E-state index in [0.29, 0.717) is 11.4 Å². The number of ether oxygens (including phenoxy) is 2. The number of rotatable bonds is 8. The Morgan fingerprint density at radius 2 is 2.20 bits per heavy atom. The van der Waals surface area contributed by atoms with E-state index in [9.17, 15) is 13.6 Å². The van der Waals surface area contributed by atoms with Crippen molar-refractivity contribution < 1.29 is 23.0 Å². The van der Waals surface area contributed by atoms with Gasteiger partial charge in [0.15, 0.2) is 0 Å². The number of halogens is 2. The Hall–Kier alpha value is -1.89. The van der Waals surface area contributed by atoms with Crippen molar-refractivity contribution in [3.8, 4) is 5.75 Å². The first-order valence-corrected chi connectivity index (χ1v) is 6.08. The second-order valence-corrected chi connectivity index (χ2v) is 4.06. The quantitative estimate of drug-likeness (QED) is 0.562. The van der Waals surface area contributed by atoms with Gasteiger partial charge in [-0.25, -0.2) is 8.78 Å². The van der Waals surface area contributed by atoms with E-state index in [0.717, 1.165) is 5.56 Å². The lowest BCUT2D eigenvalue weighted by Crippen LogP contribution is -2.24. The van der Waals surface area contributed by atoms with Crippen molar-refractivity contribution in [2.75, 3.05) is 26.1 Å². The molecule has 0 aliphatic carbocycles. The Morgan fingerprint density at radius 1 is 1.45 bits per heavy atom. The smallest absolute Gasteiger partial charge is 0.261 e. The molecule has 0 spiro atoms. The fraction of sp³-hybridized carbons (Fsp3) is 0.462. The summed E-state index contributed by atoms with van der Waals surface area (Å²) in [5, 5.41) is 2.65. The van der Waals surface area contributed by atoms with Crippen LogP contribution in [0.15, 0.2) is 18.2 Å². The molecule has 0 unspecified atom stereocenters. The Morgan fingerprint density at radius 3 is 2.85 bits per heavy atom. The van der Waals surface area contributed by atoms with E-state index >= 15 is 0 Å². The summed E-state index contributed by atoms with van der Waals surface area (Å²) >= 11 is 0. The summed E-state index contributed by atoms with van der Waals surface area (Å²) in [4.78, 5) is 11.5. The summed E-state index contributed by atoms with van der Waals surface area (Å²) in [6.07, 6.45) is -2.49. The van der Waals surface area contributed by atoms with Crippen LogP contribution >= 0.6 is 0 Å². The highest BCUT2D eigenvalue weighted by atomic mass is 19.3. The monoisotopic (exact) mass is 288 g/mol. The molecule has 20 heavy (non-hydrogen) atoms. The molecule has 112 valence electrons. The molecule has 1 rings (SSSR count). The number of nitrogen functional groups attached to an aromatic ring is 1. The topological polar surface area (TPSA) is 73.6 Å². The van der Waals surface area contributed by atoms with Gasteiger partial charge in [0.05, 0.1) is 13.7 Å². The number of carbonyl (C=O) groups is 1. The molecule has 5 nitrogen and oxygen atoms in total. The molecule has 0 heterocycles. The number of benzene rings is 1. The van der Waals surface area contributed by atoms with Crippen molar-refractivity contribution in [3.05, 3.63) is 23.8 Å². The average molecular weight is 288 g/mol. The lowest BCUT2D eigenvalue weighted by Gasteiger charge is -2.10. The molecule has 1 aromatic rings. The summed E-state index contributed by atoms with van der Waals surface area (Å²) < 4.78 is 33.4. The third-order valence-corrected chi connectivity index (χ3v) is 2.50. The molecule has 0 fully saturated rings. The van der Waals surface area contributed by atoms with Crippen LogP contribution in [0, 0.1) is 0 Å². The molecule has 0 saturated heterocycles. The van der Waals surface area contributed by atoms with Crippen LogP contribution in [0.25, 0.3) is 0 Å². The largest absolute Gasteiger partial charge is 0.496 e. The van der Waals surface area contributed by atoms with E-state index < -0.39 is 13.0 Å². The van der Waals surface area contributed by atoms with E-state index in [1.165, 1.54) is 7.11 Å². The maximum Gasteiger partial charge on any atom is 0.261 e. The second-order valence-electron chi connectivity index (χ2n) is 4.06. The van der Waals surface area contributed by atoms with Gasteiger partial charge in [-0.2, -0.15) is 0 Å². The molecule has 0 aliphatic rings. The van der Waals surface area contributed by atoms with Crippen LogP contribution in [-0.2, 0) is 16.1 Å². The fourth-order valence-electron chi connectivity index (χ4n) is 1.56. The molecule has 3 N–H and O–H groups in total. The van der Waals surface area contributed by atoms with Crippen LogP contribution in [0.2, 0.25) is 0 Å². The summed E-state index contributed by atoms with van der Waals surface area (Å²) in [5.74, 6) is 0.331. The van der Waals surface area contributed by atoms with Crippen LogP contribution in [0.4, 0.5) is 14.5 Å². The van der Waals surface area contributed by atoms with E-state index in [4.69, 9.17) is 10.5 Å². The first-order chi connectivity index (χ1) is 9.52. The Labute approximate surface area is 116 Å². The van der Waals surface area contributed by atoms with Crippen molar-refractivity contribution in [2.45, 2.75) is 19.4 Å².